The molecule has 2 saturated heterocycles. The van der Waals surface area contributed by atoms with Crippen LogP contribution in [0.3, 0.4) is 0 Å². The Hall–Kier alpha value is -1.73. The maximum Gasteiger partial charge on any atom is 0.248 e. The zero-order chi connectivity index (χ0) is 25.6. The van der Waals surface area contributed by atoms with Gasteiger partial charge in [0, 0.05) is 31.0 Å². The molecule has 1 amide bonds. The molecule has 0 bridgehead atoms. The first kappa shape index (κ1) is 30.2. The van der Waals surface area contributed by atoms with Crippen LogP contribution in [0.5, 0.6) is 0 Å². The second kappa shape index (κ2) is 12.0. The molecular formula is C31H41Cl2F2N3O. The smallest absolute Gasteiger partial charge is 0.248 e. The van der Waals surface area contributed by atoms with E-state index in [1.54, 1.807) is 0 Å². The summed E-state index contributed by atoms with van der Waals surface area (Å²) in [6, 6.07) is 17.4. The summed E-state index contributed by atoms with van der Waals surface area (Å²) in [6.45, 7) is 6.54. The molecule has 3 heterocycles. The molecule has 4 nitrogen and oxygen atoms in total. The number of aryl methyl sites for hydroxylation is 1. The standard InChI is InChI=1S/C31H39F2N3O.2ClH/c1-21-7-8-26-25(15-21)17-34-19-30(26)20-35-18-27(30)29(37)36-14-11-24(22-5-3-2-4-6-22)16-28(36)23-9-12-31(32,33)13-10-23;;/h2-8,15,23-24,27-28,34-35H,9-14,16-20H2,1H3;2*1H/t24-,27+,28+,30+;;/m1../s1. The number of halogens is 4. The average molecular weight is 581 g/mol. The van der Waals surface area contributed by atoms with Gasteiger partial charge >= 0.3 is 0 Å². The highest BCUT2D eigenvalue weighted by Crippen LogP contribution is 2.45. The Labute approximate surface area is 243 Å². The highest BCUT2D eigenvalue weighted by molar-refractivity contribution is 5.82. The van der Waals surface area contributed by atoms with Crippen LogP contribution >= 0.6 is 0 Å². The fraction of sp³-hybridized carbons (Fsp3) is 0.581. The van der Waals surface area contributed by atoms with E-state index in [2.05, 4.69) is 64.9 Å². The Morgan fingerprint density at radius 2 is 1.69 bits per heavy atom. The number of alkyl halides is 2. The van der Waals surface area contributed by atoms with E-state index in [1.807, 2.05) is 6.07 Å². The average Bonchev–Trinajstić information content (AvgIpc) is 3.32. The second-order valence-electron chi connectivity index (χ2n) is 12.2. The first-order valence-electron chi connectivity index (χ1n) is 14.3. The fourth-order valence-electron chi connectivity index (χ4n) is 8.10. The minimum absolute atomic E-state index is 0. The number of amides is 1. The number of fused-ring (bicyclic) bond motifs is 2. The van der Waals surface area contributed by atoms with Crippen LogP contribution in [0.1, 0.15) is 66.7 Å². The van der Waals surface area contributed by atoms with Gasteiger partial charge in [0.25, 0.3) is 0 Å². The van der Waals surface area contributed by atoms with Gasteiger partial charge in [0.1, 0.15) is 17.9 Å². The van der Waals surface area contributed by atoms with Crippen molar-refractivity contribution in [1.82, 2.24) is 4.90 Å². The van der Waals surface area contributed by atoms with Gasteiger partial charge in [-0.05, 0) is 55.6 Å². The topological polar surface area (TPSA) is 53.5 Å². The van der Waals surface area contributed by atoms with Crippen molar-refractivity contribution in [3.8, 4) is 0 Å². The lowest BCUT2D eigenvalue weighted by atomic mass is 9.67. The SMILES string of the molecule is Cc1ccc2c(c1)C[NH2+]C[C@]21C[NH2+]C[C@H]1C(=O)N1CC[C@@H](c2ccccc2)C[C@H]1C1CCC(F)(F)CC1.[Cl-].[Cl-]. The van der Waals surface area contributed by atoms with Crippen LogP contribution in [0.2, 0.25) is 0 Å². The molecule has 4 N–H and O–H groups in total. The van der Waals surface area contributed by atoms with Crippen LogP contribution in [0, 0.1) is 18.8 Å². The van der Waals surface area contributed by atoms with E-state index < -0.39 is 5.92 Å². The third-order valence-electron chi connectivity index (χ3n) is 10.1. The molecule has 3 fully saturated rings. The molecule has 2 aromatic carbocycles. The number of likely N-dealkylation sites (tertiary alicyclic amines) is 1. The van der Waals surface area contributed by atoms with E-state index in [4.69, 9.17) is 0 Å². The highest BCUT2D eigenvalue weighted by Gasteiger charge is 2.57. The van der Waals surface area contributed by atoms with Crippen LogP contribution in [-0.2, 0) is 16.8 Å². The Balaban J connectivity index is 0.00000176. The van der Waals surface area contributed by atoms with Crippen molar-refractivity contribution < 1.29 is 49.0 Å². The van der Waals surface area contributed by atoms with Gasteiger partial charge in [0.2, 0.25) is 11.8 Å². The summed E-state index contributed by atoms with van der Waals surface area (Å²) in [5, 5.41) is 4.71. The van der Waals surface area contributed by atoms with Gasteiger partial charge in [-0.25, -0.2) is 8.78 Å². The molecule has 8 heteroatoms. The van der Waals surface area contributed by atoms with E-state index in [-0.39, 0.29) is 66.9 Å². The summed E-state index contributed by atoms with van der Waals surface area (Å²) in [5.41, 5.74) is 5.16. The number of carbonyl (C=O) groups excluding carboxylic acids is 1. The molecule has 0 radical (unpaired) electrons. The summed E-state index contributed by atoms with van der Waals surface area (Å²) < 4.78 is 28.2. The zero-order valence-electron chi connectivity index (χ0n) is 22.7. The first-order chi connectivity index (χ1) is 17.9. The summed E-state index contributed by atoms with van der Waals surface area (Å²) in [5.74, 6) is -1.81. The van der Waals surface area contributed by atoms with Gasteiger partial charge in [-0.3, -0.25) is 4.79 Å². The normalized spacial score (nSPS) is 30.2. The van der Waals surface area contributed by atoms with Gasteiger partial charge in [-0.2, -0.15) is 0 Å². The molecule has 214 valence electrons. The second-order valence-corrected chi connectivity index (χ2v) is 12.2. The molecule has 1 spiro atoms. The number of rotatable bonds is 3. The van der Waals surface area contributed by atoms with Crippen molar-refractivity contribution in [1.29, 1.82) is 0 Å². The van der Waals surface area contributed by atoms with Gasteiger partial charge in [0.15, 0.2) is 0 Å². The number of nitrogens with zero attached hydrogens (tertiary/aromatic N) is 1. The fourth-order valence-corrected chi connectivity index (χ4v) is 8.10. The largest absolute Gasteiger partial charge is 1.00 e. The number of nitrogens with two attached hydrogens (primary N) is 2. The monoisotopic (exact) mass is 579 g/mol. The number of carbonyl (C=O) groups is 1. The summed E-state index contributed by atoms with van der Waals surface area (Å²) >= 11 is 0. The lowest BCUT2D eigenvalue weighted by molar-refractivity contribution is -0.691. The van der Waals surface area contributed by atoms with Crippen molar-refractivity contribution in [2.75, 3.05) is 26.2 Å². The van der Waals surface area contributed by atoms with E-state index in [9.17, 15) is 13.6 Å². The van der Waals surface area contributed by atoms with Crippen LogP contribution in [0.25, 0.3) is 0 Å². The van der Waals surface area contributed by atoms with Gasteiger partial charge in [-0.1, -0.05) is 54.1 Å². The van der Waals surface area contributed by atoms with E-state index in [0.717, 1.165) is 45.6 Å². The number of hydrogen-bond acceptors (Lipinski definition) is 1. The lowest BCUT2D eigenvalue weighted by Crippen LogP contribution is -3.00. The number of quaternary nitrogens is 2. The summed E-state index contributed by atoms with van der Waals surface area (Å²) in [7, 11) is 0. The number of piperidine rings is 1. The molecule has 4 atom stereocenters. The quantitative estimate of drug-likeness (QED) is 0.403. The molecule has 0 unspecified atom stereocenters. The van der Waals surface area contributed by atoms with Crippen LogP contribution in [0.15, 0.2) is 48.5 Å². The molecule has 1 saturated carbocycles. The molecule has 4 aliphatic rings. The molecule has 1 aliphatic carbocycles. The van der Waals surface area contributed by atoms with Gasteiger partial charge in [-0.15, -0.1) is 0 Å². The van der Waals surface area contributed by atoms with E-state index in [1.165, 1.54) is 22.3 Å². The van der Waals surface area contributed by atoms with Crippen LogP contribution in [0.4, 0.5) is 8.78 Å². The highest BCUT2D eigenvalue weighted by atomic mass is 35.5. The van der Waals surface area contributed by atoms with Crippen molar-refractivity contribution in [2.24, 2.45) is 11.8 Å². The molecule has 2 aromatic rings. The minimum Gasteiger partial charge on any atom is -1.00 e. The molecule has 39 heavy (non-hydrogen) atoms. The Morgan fingerprint density at radius 1 is 0.974 bits per heavy atom. The Morgan fingerprint density at radius 3 is 2.44 bits per heavy atom. The maximum absolute atomic E-state index is 14.5. The zero-order valence-corrected chi connectivity index (χ0v) is 24.2. The molecular weight excluding hydrogens is 539 g/mol. The van der Waals surface area contributed by atoms with Crippen LogP contribution in [-0.4, -0.2) is 49.0 Å². The third kappa shape index (κ3) is 5.72. The van der Waals surface area contributed by atoms with Gasteiger partial charge in [0.05, 0.1) is 19.6 Å². The van der Waals surface area contributed by atoms with E-state index in [0.29, 0.717) is 18.8 Å². The van der Waals surface area contributed by atoms with Gasteiger partial charge < -0.3 is 40.3 Å². The minimum atomic E-state index is -2.55. The predicted octanol–water partition coefficient (Wildman–Crippen LogP) is -2.89. The van der Waals surface area contributed by atoms with Crippen molar-refractivity contribution in [3.63, 3.8) is 0 Å². The maximum atomic E-state index is 14.5. The summed E-state index contributed by atoms with van der Waals surface area (Å²) in [4.78, 5) is 16.7. The lowest BCUT2D eigenvalue weighted by Gasteiger charge is -2.47. The van der Waals surface area contributed by atoms with Crippen LogP contribution < -0.4 is 35.4 Å². The Kier molecular flexibility index (Phi) is 9.32. The molecule has 6 rings (SSSR count). The predicted molar refractivity (Wildman–Crippen MR) is 139 cm³/mol. The Bertz CT molecular complexity index is 1140. The first-order valence-corrected chi connectivity index (χ1v) is 14.3. The third-order valence-corrected chi connectivity index (χ3v) is 10.1. The molecule has 0 aromatic heterocycles. The van der Waals surface area contributed by atoms with Crippen molar-refractivity contribution >= 4 is 5.91 Å². The van der Waals surface area contributed by atoms with E-state index >= 15 is 0 Å². The summed E-state index contributed by atoms with van der Waals surface area (Å²) in [6.07, 6.45) is 2.77. The molecule has 3 aliphatic heterocycles. The van der Waals surface area contributed by atoms with Crippen molar-refractivity contribution in [3.05, 3.63) is 70.8 Å². The number of benzene rings is 2. The van der Waals surface area contributed by atoms with Crippen molar-refractivity contribution in [2.45, 2.75) is 75.3 Å². The number of hydrogen-bond donors (Lipinski definition) is 2.